The first-order chi connectivity index (χ1) is 11.9. The van der Waals surface area contributed by atoms with Gasteiger partial charge in [-0.1, -0.05) is 13.3 Å². The zero-order valence-electron chi connectivity index (χ0n) is 13.3. The fraction of sp³-hybridized carbons (Fsp3) is 0.917. The molecule has 1 N–H and O–H groups in total. The van der Waals surface area contributed by atoms with Gasteiger partial charge in [0.25, 0.3) is 0 Å². The predicted molar refractivity (Wildman–Crippen MR) is 65.0 cm³/mol. The number of unbranched alkanes of at least 4 members (excludes halogenated alkanes) is 1. The Morgan fingerprint density at radius 2 is 1.37 bits per heavy atom. The van der Waals surface area contributed by atoms with Gasteiger partial charge in [-0.05, 0) is 6.42 Å². The number of rotatable bonds is 10. The van der Waals surface area contributed by atoms with E-state index >= 15 is 0 Å². The zero-order chi connectivity index (χ0) is 21.9. The highest BCUT2D eigenvalue weighted by Crippen LogP contribution is 2.58. The number of hydrogen-bond donors (Lipinski definition) is 1. The summed E-state index contributed by atoms with van der Waals surface area (Å²) < 4.78 is 158. The van der Waals surface area contributed by atoms with Crippen molar-refractivity contribution in [1.82, 2.24) is 5.32 Å². The zero-order valence-corrected chi connectivity index (χ0v) is 13.3. The number of carbonyl (C=O) groups is 1. The van der Waals surface area contributed by atoms with Gasteiger partial charge in [-0.15, -0.1) is 0 Å². The molecule has 0 bridgehead atoms. The van der Waals surface area contributed by atoms with E-state index in [4.69, 9.17) is 0 Å². The summed E-state index contributed by atoms with van der Waals surface area (Å²) in [6.07, 6.45) is -6.63. The largest absolute Gasteiger partial charge is 0.443 e. The summed E-state index contributed by atoms with van der Waals surface area (Å²) in [6, 6.07) is 0. The van der Waals surface area contributed by atoms with Crippen molar-refractivity contribution in [2.24, 2.45) is 0 Å². The summed E-state index contributed by atoms with van der Waals surface area (Å²) in [7, 11) is 0. The van der Waals surface area contributed by atoms with Crippen LogP contribution in [0.4, 0.5) is 57.5 Å². The molecule has 0 aromatic carbocycles. The van der Waals surface area contributed by atoms with Gasteiger partial charge in [0.1, 0.15) is 0 Å². The van der Waals surface area contributed by atoms with Gasteiger partial charge in [0.05, 0.1) is 0 Å². The normalized spacial score (nSPS) is 14.4. The molecule has 0 aliphatic rings. The second-order valence-corrected chi connectivity index (χ2v) is 5.21. The Bertz CT molecular complexity index is 509. The van der Waals surface area contributed by atoms with Gasteiger partial charge in [-0.3, -0.25) is 0 Å². The number of amides is 1. The van der Waals surface area contributed by atoms with E-state index in [2.05, 4.69) is 4.74 Å². The lowest BCUT2D eigenvalue weighted by Crippen LogP contribution is -2.69. The summed E-state index contributed by atoms with van der Waals surface area (Å²) in [4.78, 5) is 10.9. The van der Waals surface area contributed by atoms with Crippen LogP contribution in [0.5, 0.6) is 0 Å². The van der Waals surface area contributed by atoms with E-state index in [1.54, 1.807) is 12.2 Å². The molecule has 0 atom stereocenters. The van der Waals surface area contributed by atoms with Crippen LogP contribution in [0.1, 0.15) is 19.8 Å². The van der Waals surface area contributed by atoms with Gasteiger partial charge in [-0.25, -0.2) is 13.6 Å². The maximum absolute atomic E-state index is 13.3. The lowest BCUT2D eigenvalue weighted by molar-refractivity contribution is -0.414. The third-order valence-electron chi connectivity index (χ3n) is 3.12. The van der Waals surface area contributed by atoms with E-state index in [-0.39, 0.29) is 13.0 Å². The summed E-state index contributed by atoms with van der Waals surface area (Å²) >= 11 is 0. The fourth-order valence-electron chi connectivity index (χ4n) is 1.44. The highest BCUT2D eigenvalue weighted by atomic mass is 19.4. The van der Waals surface area contributed by atoms with E-state index in [9.17, 15) is 57.5 Å². The minimum absolute atomic E-state index is 0.202. The number of alkyl carbamates (subject to hydrolysis) is 1. The van der Waals surface area contributed by atoms with Crippen LogP contribution in [-0.2, 0) is 4.74 Å². The molecular weight excluding hydrogens is 418 g/mol. The third kappa shape index (κ3) is 4.65. The minimum atomic E-state index is -7.63. The molecule has 0 fully saturated rings. The Balaban J connectivity index is 5.51. The van der Waals surface area contributed by atoms with Crippen LogP contribution < -0.4 is 5.32 Å². The van der Waals surface area contributed by atoms with Crippen molar-refractivity contribution >= 4 is 6.09 Å². The highest BCUT2D eigenvalue weighted by Gasteiger charge is 2.87. The maximum Gasteiger partial charge on any atom is 0.407 e. The van der Waals surface area contributed by atoms with E-state index in [0.717, 1.165) is 0 Å². The van der Waals surface area contributed by atoms with E-state index < -0.39 is 48.7 Å². The van der Waals surface area contributed by atoms with Crippen LogP contribution in [0, 0.1) is 0 Å². The molecule has 162 valence electrons. The van der Waals surface area contributed by atoms with E-state index in [0.29, 0.717) is 6.42 Å². The second-order valence-electron chi connectivity index (χ2n) is 5.21. The molecule has 0 saturated carbocycles. The summed E-state index contributed by atoms with van der Waals surface area (Å²) in [5.41, 5.74) is 0. The molecule has 3 nitrogen and oxygen atoms in total. The number of alkyl halides is 12. The Kier molecular flexibility index (Phi) is 7.73. The van der Waals surface area contributed by atoms with Crippen molar-refractivity contribution in [3.8, 4) is 0 Å². The average molecular weight is 431 g/mol. The molecule has 0 radical (unpaired) electrons. The van der Waals surface area contributed by atoms with Crippen molar-refractivity contribution in [1.29, 1.82) is 0 Å². The Morgan fingerprint density at radius 3 is 1.78 bits per heavy atom. The van der Waals surface area contributed by atoms with Crippen LogP contribution >= 0.6 is 0 Å². The molecule has 0 aliphatic heterocycles. The lowest BCUT2D eigenvalue weighted by Gasteiger charge is -2.38. The Labute approximate surface area is 144 Å². The van der Waals surface area contributed by atoms with Gasteiger partial charge in [0, 0.05) is 6.54 Å². The molecule has 0 spiro atoms. The molecule has 1 amide bonds. The minimum Gasteiger partial charge on any atom is -0.443 e. The van der Waals surface area contributed by atoms with Crippen LogP contribution in [0.25, 0.3) is 0 Å². The smallest absolute Gasteiger partial charge is 0.407 e. The SMILES string of the molecule is CCCCNC(=O)OCC(F)(F)C(F)(F)C(F)(F)C(F)(F)C(F)(F)C(F)F. The van der Waals surface area contributed by atoms with Gasteiger partial charge >= 0.3 is 42.1 Å². The molecule has 0 heterocycles. The van der Waals surface area contributed by atoms with Gasteiger partial charge in [0.15, 0.2) is 6.61 Å². The molecule has 0 aromatic heterocycles. The highest BCUT2D eigenvalue weighted by molar-refractivity contribution is 5.67. The first-order valence-electron chi connectivity index (χ1n) is 6.98. The van der Waals surface area contributed by atoms with E-state index in [1.165, 1.54) is 0 Å². The number of halogens is 12. The molecule has 0 saturated heterocycles. The molecule has 27 heavy (non-hydrogen) atoms. The molecular formula is C12H13F12NO2. The monoisotopic (exact) mass is 431 g/mol. The van der Waals surface area contributed by atoms with Crippen molar-refractivity contribution < 1.29 is 62.2 Å². The lowest BCUT2D eigenvalue weighted by atomic mass is 9.94. The first kappa shape index (κ1) is 25.4. The van der Waals surface area contributed by atoms with E-state index in [1.807, 2.05) is 0 Å². The second kappa shape index (κ2) is 8.20. The molecule has 0 rings (SSSR count). The molecule has 0 unspecified atom stereocenters. The molecule has 0 aliphatic carbocycles. The van der Waals surface area contributed by atoms with Gasteiger partial charge < -0.3 is 10.1 Å². The number of hydrogen-bond acceptors (Lipinski definition) is 2. The van der Waals surface area contributed by atoms with Crippen molar-refractivity contribution in [2.75, 3.05) is 13.2 Å². The molecule has 0 aromatic rings. The van der Waals surface area contributed by atoms with Crippen LogP contribution in [-0.4, -0.2) is 55.3 Å². The fourth-order valence-corrected chi connectivity index (χ4v) is 1.44. The van der Waals surface area contributed by atoms with Crippen LogP contribution in [0.15, 0.2) is 0 Å². The van der Waals surface area contributed by atoms with Gasteiger partial charge in [0.2, 0.25) is 0 Å². The Hall–Kier alpha value is -1.57. The van der Waals surface area contributed by atoms with Crippen molar-refractivity contribution in [3.05, 3.63) is 0 Å². The number of carbonyl (C=O) groups excluding carboxylic acids is 1. The maximum atomic E-state index is 13.3. The third-order valence-corrected chi connectivity index (χ3v) is 3.12. The summed E-state index contributed by atoms with van der Waals surface area (Å²) in [5.74, 6) is -35.9. The number of nitrogens with one attached hydrogen (secondary N) is 1. The Morgan fingerprint density at radius 1 is 0.889 bits per heavy atom. The predicted octanol–water partition coefficient (Wildman–Crippen LogP) is 4.95. The average Bonchev–Trinajstić information content (AvgIpc) is 2.52. The van der Waals surface area contributed by atoms with Crippen LogP contribution in [0.2, 0.25) is 0 Å². The standard InChI is InChI=1S/C12H13F12NO2/c1-2-3-4-25-7(26)27-5-8(15,16)10(19,20)12(23,24)11(21,22)9(17,18)6(13)14/h6H,2-5H2,1H3,(H,25,26). The van der Waals surface area contributed by atoms with Crippen molar-refractivity contribution in [3.63, 3.8) is 0 Å². The topological polar surface area (TPSA) is 38.3 Å². The molecule has 15 heteroatoms. The summed E-state index contributed by atoms with van der Waals surface area (Å²) in [5, 5.41) is 1.72. The summed E-state index contributed by atoms with van der Waals surface area (Å²) in [6.45, 7) is -1.49. The number of ether oxygens (including phenoxy) is 1. The van der Waals surface area contributed by atoms with Crippen molar-refractivity contribution in [2.45, 2.75) is 55.8 Å². The van der Waals surface area contributed by atoms with Crippen LogP contribution in [0.3, 0.4) is 0 Å². The first-order valence-corrected chi connectivity index (χ1v) is 6.98. The quantitative estimate of drug-likeness (QED) is 0.393. The van der Waals surface area contributed by atoms with Gasteiger partial charge in [-0.2, -0.15) is 43.9 Å².